The highest BCUT2D eigenvalue weighted by Crippen LogP contribution is 2.25. The van der Waals surface area contributed by atoms with Gasteiger partial charge in [-0.05, 0) is 32.2 Å². The number of aromatic nitrogens is 1. The topological polar surface area (TPSA) is 28.2 Å². The van der Waals surface area contributed by atoms with Crippen LogP contribution in [0.15, 0.2) is 6.20 Å². The molecule has 2 rings (SSSR count). The van der Waals surface area contributed by atoms with E-state index in [4.69, 9.17) is 0 Å². The molecule has 1 N–H and O–H groups in total. The van der Waals surface area contributed by atoms with Crippen LogP contribution in [0.3, 0.4) is 0 Å². The van der Waals surface area contributed by atoms with E-state index in [0.717, 1.165) is 30.7 Å². The summed E-state index contributed by atoms with van der Waals surface area (Å²) in [6.45, 7) is 7.88. The molecule has 1 atom stereocenters. The lowest BCUT2D eigenvalue weighted by molar-refractivity contribution is 0.187. The van der Waals surface area contributed by atoms with Crippen molar-refractivity contribution in [1.82, 2.24) is 9.88 Å². The largest absolute Gasteiger partial charge is 0.362 e. The van der Waals surface area contributed by atoms with Gasteiger partial charge in [-0.2, -0.15) is 0 Å². The monoisotopic (exact) mass is 281 g/mol. The molecule has 1 unspecified atom stereocenters. The van der Waals surface area contributed by atoms with Gasteiger partial charge in [0.15, 0.2) is 5.13 Å². The molecule has 108 valence electrons. The van der Waals surface area contributed by atoms with E-state index in [1.54, 1.807) is 0 Å². The van der Waals surface area contributed by atoms with Gasteiger partial charge in [0.05, 0.1) is 0 Å². The van der Waals surface area contributed by atoms with Gasteiger partial charge in [-0.15, -0.1) is 11.3 Å². The fourth-order valence-corrected chi connectivity index (χ4v) is 3.67. The molecule has 4 heteroatoms. The Labute approximate surface area is 121 Å². The first-order valence-corrected chi connectivity index (χ1v) is 8.57. The maximum absolute atomic E-state index is 4.47. The van der Waals surface area contributed by atoms with E-state index in [-0.39, 0.29) is 0 Å². The molecule has 0 spiro atoms. The van der Waals surface area contributed by atoms with Crippen molar-refractivity contribution < 1.29 is 0 Å². The zero-order valence-electron chi connectivity index (χ0n) is 12.3. The average Bonchev–Trinajstić information content (AvgIpc) is 2.74. The Morgan fingerprint density at radius 2 is 2.26 bits per heavy atom. The molecule has 1 aliphatic rings. The number of nitrogens with one attached hydrogen (secondary N) is 1. The summed E-state index contributed by atoms with van der Waals surface area (Å²) in [5.74, 6) is 0. The second kappa shape index (κ2) is 7.85. The van der Waals surface area contributed by atoms with E-state index in [0.29, 0.717) is 0 Å². The first-order chi connectivity index (χ1) is 9.33. The van der Waals surface area contributed by atoms with E-state index in [1.165, 1.54) is 43.5 Å². The van der Waals surface area contributed by atoms with E-state index >= 15 is 0 Å². The number of thiazole rings is 1. The maximum atomic E-state index is 4.47. The second-order valence-corrected chi connectivity index (χ2v) is 6.56. The molecule has 1 aliphatic heterocycles. The first-order valence-electron chi connectivity index (χ1n) is 7.76. The minimum absolute atomic E-state index is 0.775. The van der Waals surface area contributed by atoms with Gasteiger partial charge in [0, 0.05) is 30.2 Å². The van der Waals surface area contributed by atoms with Crippen LogP contribution >= 0.6 is 11.3 Å². The molecule has 2 heterocycles. The molecule has 1 fully saturated rings. The Kier molecular flexibility index (Phi) is 6.11. The van der Waals surface area contributed by atoms with E-state index in [1.807, 2.05) is 11.3 Å². The van der Waals surface area contributed by atoms with Crippen LogP contribution in [-0.2, 0) is 6.54 Å². The summed E-state index contributed by atoms with van der Waals surface area (Å²) >= 11 is 1.82. The third kappa shape index (κ3) is 4.46. The van der Waals surface area contributed by atoms with Crippen molar-refractivity contribution in [3.63, 3.8) is 0 Å². The van der Waals surface area contributed by atoms with Crippen molar-refractivity contribution in [2.45, 2.75) is 65.0 Å². The molecular formula is C15H27N3S. The average molecular weight is 281 g/mol. The van der Waals surface area contributed by atoms with Crippen LogP contribution in [0.2, 0.25) is 0 Å². The fourth-order valence-electron chi connectivity index (χ4n) is 2.80. The Bertz CT molecular complexity index is 364. The van der Waals surface area contributed by atoms with Gasteiger partial charge in [0.25, 0.3) is 0 Å². The third-order valence-corrected chi connectivity index (χ3v) is 4.85. The molecule has 0 aromatic carbocycles. The highest BCUT2D eigenvalue weighted by molar-refractivity contribution is 7.15. The van der Waals surface area contributed by atoms with Crippen LogP contribution in [0, 0.1) is 0 Å². The highest BCUT2D eigenvalue weighted by Gasteiger charge is 2.20. The zero-order valence-corrected chi connectivity index (χ0v) is 13.1. The number of likely N-dealkylation sites (tertiary alicyclic amines) is 1. The van der Waals surface area contributed by atoms with Gasteiger partial charge >= 0.3 is 0 Å². The van der Waals surface area contributed by atoms with Crippen molar-refractivity contribution >= 4 is 16.5 Å². The molecule has 0 bridgehead atoms. The number of rotatable bonds is 6. The van der Waals surface area contributed by atoms with Crippen LogP contribution in [0.4, 0.5) is 5.13 Å². The van der Waals surface area contributed by atoms with Gasteiger partial charge in [-0.25, -0.2) is 4.98 Å². The lowest BCUT2D eigenvalue weighted by Crippen LogP contribution is -2.33. The minimum Gasteiger partial charge on any atom is -0.362 e. The third-order valence-electron chi connectivity index (χ3n) is 3.91. The van der Waals surface area contributed by atoms with Crippen molar-refractivity contribution in [3.05, 3.63) is 11.1 Å². The van der Waals surface area contributed by atoms with Crippen molar-refractivity contribution in [1.29, 1.82) is 0 Å². The van der Waals surface area contributed by atoms with Crippen molar-refractivity contribution in [2.75, 3.05) is 18.4 Å². The summed E-state index contributed by atoms with van der Waals surface area (Å²) in [5.41, 5.74) is 0. The van der Waals surface area contributed by atoms with Crippen molar-refractivity contribution in [2.24, 2.45) is 0 Å². The molecule has 19 heavy (non-hydrogen) atoms. The zero-order chi connectivity index (χ0) is 13.5. The Morgan fingerprint density at radius 1 is 1.37 bits per heavy atom. The number of hydrogen-bond donors (Lipinski definition) is 1. The lowest BCUT2D eigenvalue weighted by Gasteiger charge is -2.28. The number of hydrogen-bond acceptors (Lipinski definition) is 4. The van der Waals surface area contributed by atoms with E-state index in [9.17, 15) is 0 Å². The van der Waals surface area contributed by atoms with Crippen LogP contribution in [0.1, 0.15) is 57.2 Å². The summed E-state index contributed by atoms with van der Waals surface area (Å²) in [6.07, 6.45) is 10.0. The smallest absolute Gasteiger partial charge is 0.182 e. The fraction of sp³-hybridized carbons (Fsp3) is 0.800. The predicted molar refractivity (Wildman–Crippen MR) is 83.9 cm³/mol. The van der Waals surface area contributed by atoms with Gasteiger partial charge < -0.3 is 5.32 Å². The summed E-state index contributed by atoms with van der Waals surface area (Å²) in [4.78, 5) is 8.55. The molecule has 0 aliphatic carbocycles. The number of anilines is 1. The summed E-state index contributed by atoms with van der Waals surface area (Å²) in [7, 11) is 0. The molecule has 0 saturated carbocycles. The minimum atomic E-state index is 0.775. The van der Waals surface area contributed by atoms with Gasteiger partial charge in [-0.3, -0.25) is 4.90 Å². The highest BCUT2D eigenvalue weighted by atomic mass is 32.1. The normalized spacial score (nSPS) is 21.3. The molecule has 0 radical (unpaired) electrons. The van der Waals surface area contributed by atoms with Crippen LogP contribution in [0.5, 0.6) is 0 Å². The molecular weight excluding hydrogens is 254 g/mol. The van der Waals surface area contributed by atoms with Crippen LogP contribution in [0.25, 0.3) is 0 Å². The van der Waals surface area contributed by atoms with Crippen LogP contribution < -0.4 is 5.32 Å². The Hall–Kier alpha value is -0.610. The Balaban J connectivity index is 1.92. The summed E-state index contributed by atoms with van der Waals surface area (Å²) < 4.78 is 0. The first kappa shape index (κ1) is 14.8. The molecule has 0 amide bonds. The molecule has 1 aromatic rings. The number of nitrogens with zero attached hydrogens (tertiary/aromatic N) is 2. The maximum Gasteiger partial charge on any atom is 0.182 e. The van der Waals surface area contributed by atoms with E-state index < -0.39 is 0 Å². The van der Waals surface area contributed by atoms with E-state index in [2.05, 4.69) is 35.2 Å². The Morgan fingerprint density at radius 3 is 3.05 bits per heavy atom. The molecule has 1 aromatic heterocycles. The van der Waals surface area contributed by atoms with Gasteiger partial charge in [-0.1, -0.05) is 26.7 Å². The quantitative estimate of drug-likeness (QED) is 0.850. The van der Waals surface area contributed by atoms with Crippen LogP contribution in [-0.4, -0.2) is 29.0 Å². The van der Waals surface area contributed by atoms with Gasteiger partial charge in [0.2, 0.25) is 0 Å². The summed E-state index contributed by atoms with van der Waals surface area (Å²) in [6, 6.07) is 0.775. The molecule has 3 nitrogen and oxygen atoms in total. The standard InChI is InChI=1S/C15H27N3S/c1-3-9-16-15-17-11-14(19-15)12-18-10-7-5-6-8-13(18)4-2/h11,13H,3-10,12H2,1-2H3,(H,16,17). The molecule has 1 saturated heterocycles. The SMILES string of the molecule is CCCNc1ncc(CN2CCCCCC2CC)s1. The second-order valence-electron chi connectivity index (χ2n) is 5.44. The lowest BCUT2D eigenvalue weighted by atomic mass is 10.1. The predicted octanol–water partition coefficient (Wildman–Crippen LogP) is 4.12. The van der Waals surface area contributed by atoms with Crippen molar-refractivity contribution in [3.8, 4) is 0 Å². The van der Waals surface area contributed by atoms with Gasteiger partial charge in [0.1, 0.15) is 0 Å². The summed E-state index contributed by atoms with van der Waals surface area (Å²) in [5, 5.41) is 4.46.